The second-order valence-electron chi connectivity index (χ2n) is 9.21. The van der Waals surface area contributed by atoms with Crippen molar-refractivity contribution in [2.24, 2.45) is 0 Å². The van der Waals surface area contributed by atoms with Gasteiger partial charge < -0.3 is 10.1 Å². The number of rotatable bonds is 6. The molecule has 2 aromatic rings. The molecule has 5 rings (SSSR count). The Kier molecular flexibility index (Phi) is 5.26. The van der Waals surface area contributed by atoms with Crippen LogP contribution in [0.5, 0.6) is 5.75 Å². The summed E-state index contributed by atoms with van der Waals surface area (Å²) in [6.45, 7) is 2.95. The summed E-state index contributed by atoms with van der Waals surface area (Å²) in [5.41, 5.74) is 2.27. The minimum Gasteiger partial charge on any atom is -0.492 e. The highest BCUT2D eigenvalue weighted by Crippen LogP contribution is 2.52. The van der Waals surface area contributed by atoms with E-state index in [1.165, 1.54) is 6.26 Å². The fraction of sp³-hybridized carbons (Fsp3) is 0.458. The molecule has 2 heterocycles. The molecule has 1 amide bonds. The number of carbonyl (C=O) groups is 1. The first kappa shape index (κ1) is 21.7. The molecule has 2 aliphatic heterocycles. The van der Waals surface area contributed by atoms with Gasteiger partial charge in [0.2, 0.25) is 5.91 Å². The summed E-state index contributed by atoms with van der Waals surface area (Å²) in [4.78, 5) is 15.1. The molecule has 0 unspecified atom stereocenters. The van der Waals surface area contributed by atoms with Crippen LogP contribution < -0.4 is 10.1 Å². The van der Waals surface area contributed by atoms with Crippen LogP contribution in [0.2, 0.25) is 5.02 Å². The summed E-state index contributed by atoms with van der Waals surface area (Å²) in [5, 5.41) is 3.67. The van der Waals surface area contributed by atoms with E-state index in [-0.39, 0.29) is 5.91 Å². The van der Waals surface area contributed by atoms with Crippen molar-refractivity contribution in [1.82, 2.24) is 4.90 Å². The van der Waals surface area contributed by atoms with Gasteiger partial charge in [0.25, 0.3) is 0 Å². The van der Waals surface area contributed by atoms with Crippen molar-refractivity contribution < 1.29 is 17.9 Å². The molecule has 0 bridgehead atoms. The molecular weight excluding hydrogens is 448 g/mol. The number of nitrogens with zero attached hydrogens (tertiary/aromatic N) is 1. The van der Waals surface area contributed by atoms with E-state index in [1.807, 2.05) is 42.5 Å². The van der Waals surface area contributed by atoms with Crippen molar-refractivity contribution in [2.75, 3.05) is 37.8 Å². The molecule has 8 heteroatoms. The lowest BCUT2D eigenvalue weighted by molar-refractivity contribution is -0.122. The third kappa shape index (κ3) is 3.60. The number of sulfone groups is 1. The van der Waals surface area contributed by atoms with Gasteiger partial charge in [-0.05, 0) is 80.2 Å². The van der Waals surface area contributed by atoms with E-state index < -0.39 is 20.0 Å². The van der Waals surface area contributed by atoms with Crippen LogP contribution in [0.15, 0.2) is 42.5 Å². The van der Waals surface area contributed by atoms with Crippen LogP contribution >= 0.6 is 11.6 Å². The SMILES string of the molecule is CS(=O)(=O)C1(c2ccc(OCCN3CCC4(CC3)C(=O)Nc3ccc(Cl)cc34)cc2)CC1. The normalized spacial score (nSPS) is 21.2. The van der Waals surface area contributed by atoms with E-state index in [0.29, 0.717) is 24.5 Å². The number of halogens is 1. The number of ether oxygens (including phenoxy) is 1. The van der Waals surface area contributed by atoms with E-state index in [2.05, 4.69) is 10.2 Å². The molecule has 0 aromatic heterocycles. The van der Waals surface area contributed by atoms with Crippen LogP contribution in [0.1, 0.15) is 36.8 Å². The second-order valence-corrected chi connectivity index (χ2v) is 12.0. The number of hydrogen-bond donors (Lipinski definition) is 1. The topological polar surface area (TPSA) is 75.7 Å². The number of piperidine rings is 1. The van der Waals surface area contributed by atoms with E-state index >= 15 is 0 Å². The van der Waals surface area contributed by atoms with Gasteiger partial charge in [-0.2, -0.15) is 0 Å². The first-order chi connectivity index (χ1) is 15.2. The van der Waals surface area contributed by atoms with Gasteiger partial charge >= 0.3 is 0 Å². The molecule has 0 atom stereocenters. The minimum atomic E-state index is -3.11. The van der Waals surface area contributed by atoms with E-state index in [4.69, 9.17) is 16.3 Å². The summed E-state index contributed by atoms with van der Waals surface area (Å²) < 4.78 is 29.4. The number of nitrogens with one attached hydrogen (secondary N) is 1. The second kappa shape index (κ2) is 7.75. The zero-order valence-electron chi connectivity index (χ0n) is 18.1. The largest absolute Gasteiger partial charge is 0.492 e. The number of anilines is 1. The zero-order valence-corrected chi connectivity index (χ0v) is 19.6. The lowest BCUT2D eigenvalue weighted by Crippen LogP contribution is -2.47. The predicted octanol–water partition coefficient (Wildman–Crippen LogP) is 3.74. The number of fused-ring (bicyclic) bond motifs is 2. The van der Waals surface area contributed by atoms with Crippen molar-refractivity contribution in [3.8, 4) is 5.75 Å². The lowest BCUT2D eigenvalue weighted by atomic mass is 9.73. The Morgan fingerprint density at radius 1 is 1.06 bits per heavy atom. The molecular formula is C24H27ClN2O4S. The Labute approximate surface area is 193 Å². The highest BCUT2D eigenvalue weighted by molar-refractivity contribution is 7.92. The van der Waals surface area contributed by atoms with Crippen LogP contribution in [0, 0.1) is 0 Å². The van der Waals surface area contributed by atoms with Crippen molar-refractivity contribution in [3.63, 3.8) is 0 Å². The number of hydrogen-bond acceptors (Lipinski definition) is 5. The fourth-order valence-corrected chi connectivity index (χ4v) is 6.75. The smallest absolute Gasteiger partial charge is 0.235 e. The number of likely N-dealkylation sites (tertiary alicyclic amines) is 1. The molecule has 2 fully saturated rings. The Balaban J connectivity index is 1.15. The summed E-state index contributed by atoms with van der Waals surface area (Å²) in [5.74, 6) is 0.818. The molecule has 1 N–H and O–H groups in total. The summed E-state index contributed by atoms with van der Waals surface area (Å²) >= 11 is 6.19. The van der Waals surface area contributed by atoms with Crippen LogP contribution in [0.3, 0.4) is 0 Å². The van der Waals surface area contributed by atoms with Crippen molar-refractivity contribution in [2.45, 2.75) is 35.8 Å². The average molecular weight is 475 g/mol. The van der Waals surface area contributed by atoms with Crippen molar-refractivity contribution in [3.05, 3.63) is 58.6 Å². The first-order valence-corrected chi connectivity index (χ1v) is 13.3. The first-order valence-electron chi connectivity index (χ1n) is 11.0. The Bertz CT molecular complexity index is 1150. The third-order valence-electron chi connectivity index (χ3n) is 7.36. The third-order valence-corrected chi connectivity index (χ3v) is 9.66. The van der Waals surface area contributed by atoms with Gasteiger partial charge in [0.1, 0.15) is 12.4 Å². The molecule has 1 spiro atoms. The van der Waals surface area contributed by atoms with Crippen molar-refractivity contribution >= 4 is 33.0 Å². The molecule has 3 aliphatic rings. The molecule has 6 nitrogen and oxygen atoms in total. The Morgan fingerprint density at radius 2 is 1.75 bits per heavy atom. The van der Waals surface area contributed by atoms with Crippen LogP contribution in [-0.4, -0.2) is 51.7 Å². The van der Waals surface area contributed by atoms with Crippen LogP contribution in [0.25, 0.3) is 0 Å². The molecule has 1 aliphatic carbocycles. The molecule has 32 heavy (non-hydrogen) atoms. The maximum atomic E-state index is 12.8. The molecule has 1 saturated carbocycles. The fourth-order valence-electron chi connectivity index (χ4n) is 5.17. The summed E-state index contributed by atoms with van der Waals surface area (Å²) in [7, 11) is -3.11. The van der Waals surface area contributed by atoms with Gasteiger partial charge in [-0.15, -0.1) is 0 Å². The van der Waals surface area contributed by atoms with Gasteiger partial charge in [-0.3, -0.25) is 9.69 Å². The summed E-state index contributed by atoms with van der Waals surface area (Å²) in [6.07, 6.45) is 4.22. The van der Waals surface area contributed by atoms with Gasteiger partial charge in [0, 0.05) is 23.5 Å². The molecule has 2 aromatic carbocycles. The van der Waals surface area contributed by atoms with Crippen LogP contribution in [-0.2, 0) is 24.8 Å². The number of carbonyl (C=O) groups excluding carboxylic acids is 1. The number of amides is 1. The average Bonchev–Trinajstić information content (AvgIpc) is 3.54. The van der Waals surface area contributed by atoms with E-state index in [0.717, 1.165) is 55.0 Å². The van der Waals surface area contributed by atoms with Crippen molar-refractivity contribution in [1.29, 1.82) is 0 Å². The van der Waals surface area contributed by atoms with E-state index in [1.54, 1.807) is 0 Å². The molecule has 170 valence electrons. The minimum absolute atomic E-state index is 0.0771. The maximum absolute atomic E-state index is 12.8. The maximum Gasteiger partial charge on any atom is 0.235 e. The predicted molar refractivity (Wildman–Crippen MR) is 125 cm³/mol. The lowest BCUT2D eigenvalue weighted by Gasteiger charge is -2.38. The van der Waals surface area contributed by atoms with Gasteiger partial charge in [-0.25, -0.2) is 8.42 Å². The van der Waals surface area contributed by atoms with Gasteiger partial charge in [0.05, 0.1) is 10.2 Å². The monoisotopic (exact) mass is 474 g/mol. The standard InChI is InChI=1S/C24H27ClN2O4S/c1-32(29,30)24(8-9-24)17-2-5-19(6-3-17)31-15-14-27-12-10-23(11-13-27)20-16-18(25)4-7-21(20)26-22(23)28/h2-7,16H,8-15H2,1H3,(H,26,28). The van der Waals surface area contributed by atoms with Crippen LogP contribution in [0.4, 0.5) is 5.69 Å². The number of benzene rings is 2. The summed E-state index contributed by atoms with van der Waals surface area (Å²) in [6, 6.07) is 13.1. The Hall–Kier alpha value is -2.09. The van der Waals surface area contributed by atoms with Gasteiger partial charge in [-0.1, -0.05) is 23.7 Å². The zero-order chi connectivity index (χ0) is 22.6. The molecule has 1 saturated heterocycles. The Morgan fingerprint density at radius 3 is 2.38 bits per heavy atom. The highest BCUT2D eigenvalue weighted by atomic mass is 35.5. The van der Waals surface area contributed by atoms with Gasteiger partial charge in [0.15, 0.2) is 9.84 Å². The van der Waals surface area contributed by atoms with E-state index in [9.17, 15) is 13.2 Å². The molecule has 0 radical (unpaired) electrons. The quantitative estimate of drug-likeness (QED) is 0.690. The highest BCUT2D eigenvalue weighted by Gasteiger charge is 2.53.